The standard InChI is InChI=1S/C9H11.3ClH.Zr/c1-2-5-9-7-3-6-8(9)4-1;;;;/h3,6-7H,1-2,4-5H2;3*1H;/q-1;;;;+3/p-3. The molecular formula is C9H11Cl3Zr-. The maximum absolute atomic E-state index is 5.00. The Hall–Kier alpha value is 1.10. The molecule has 4 heteroatoms. The van der Waals surface area contributed by atoms with E-state index in [-0.39, 0.29) is 0 Å². The molecule has 13 heavy (non-hydrogen) atoms. The fourth-order valence-electron chi connectivity index (χ4n) is 1.61. The number of rotatable bonds is 0. The van der Waals surface area contributed by atoms with Crippen LogP contribution >= 0.6 is 25.5 Å². The van der Waals surface area contributed by atoms with E-state index in [1.165, 1.54) is 25.7 Å². The maximum atomic E-state index is 5.00. The normalized spacial score (nSPS) is 14.1. The van der Waals surface area contributed by atoms with Gasteiger partial charge in [-0.2, -0.15) is 23.3 Å². The molecule has 0 amide bonds. The van der Waals surface area contributed by atoms with Gasteiger partial charge in [-0.15, -0.1) is 0 Å². The molecule has 2 rings (SSSR count). The van der Waals surface area contributed by atoms with Crippen LogP contribution in [0.2, 0.25) is 0 Å². The van der Waals surface area contributed by atoms with Crippen molar-refractivity contribution in [3.05, 3.63) is 29.3 Å². The van der Waals surface area contributed by atoms with E-state index in [2.05, 4.69) is 18.2 Å². The fraction of sp³-hybridized carbons (Fsp3) is 0.444. The van der Waals surface area contributed by atoms with Crippen LogP contribution in [0.15, 0.2) is 18.2 Å². The van der Waals surface area contributed by atoms with Gasteiger partial charge < -0.3 is 0 Å². The summed E-state index contributed by atoms with van der Waals surface area (Å²) < 4.78 is 0. The number of hydrogen-bond donors (Lipinski definition) is 0. The summed E-state index contributed by atoms with van der Waals surface area (Å²) in [5.74, 6) is 0. The summed E-state index contributed by atoms with van der Waals surface area (Å²) in [6.45, 7) is 0. The Labute approximate surface area is 97.9 Å². The molecule has 0 aliphatic heterocycles. The molecule has 0 saturated heterocycles. The van der Waals surface area contributed by atoms with Crippen LogP contribution in [0.5, 0.6) is 0 Å². The Morgan fingerprint density at radius 2 is 1.77 bits per heavy atom. The Morgan fingerprint density at radius 3 is 2.38 bits per heavy atom. The second kappa shape index (κ2) is 6.56. The van der Waals surface area contributed by atoms with Gasteiger partial charge in [-0.1, -0.05) is 25.7 Å². The van der Waals surface area contributed by atoms with E-state index in [1.807, 2.05) is 0 Å². The van der Waals surface area contributed by atoms with Gasteiger partial charge in [0.25, 0.3) is 0 Å². The van der Waals surface area contributed by atoms with Crippen LogP contribution in [0.25, 0.3) is 0 Å². The van der Waals surface area contributed by atoms with Crippen molar-refractivity contribution in [3.63, 3.8) is 0 Å². The summed E-state index contributed by atoms with van der Waals surface area (Å²) in [7, 11) is 15.0. The van der Waals surface area contributed by atoms with Crippen molar-refractivity contribution in [3.8, 4) is 0 Å². The molecule has 0 unspecified atom stereocenters. The molecule has 0 nitrogen and oxygen atoms in total. The molecule has 0 atom stereocenters. The molecule has 1 aliphatic rings. The molecular weight excluding hydrogens is 306 g/mol. The SMILES string of the molecule is [Cl][Zr]([Cl])[Cl].c1cc2c([cH-]1)CCCC2. The number of aryl methyl sites for hydroxylation is 2. The van der Waals surface area contributed by atoms with Crippen molar-refractivity contribution in [2.24, 2.45) is 0 Å². The Bertz CT molecular complexity index is 222. The Morgan fingerprint density at radius 1 is 1.15 bits per heavy atom. The van der Waals surface area contributed by atoms with Crippen LogP contribution in [0.1, 0.15) is 24.0 Å². The molecule has 1 aromatic rings. The van der Waals surface area contributed by atoms with Gasteiger partial charge in [0.1, 0.15) is 0 Å². The molecule has 0 fully saturated rings. The first-order chi connectivity index (χ1) is 6.20. The molecule has 0 saturated carbocycles. The maximum Gasteiger partial charge on any atom is -0.0512 e. The van der Waals surface area contributed by atoms with Crippen LogP contribution in [-0.2, 0) is 31.0 Å². The first-order valence-corrected chi connectivity index (χ1v) is 13.8. The average Bonchev–Trinajstić information content (AvgIpc) is 2.49. The van der Waals surface area contributed by atoms with Crippen molar-refractivity contribution >= 4 is 25.5 Å². The largest absolute Gasteiger partial charge is 0.210 e. The number of hydrogen-bond acceptors (Lipinski definition) is 0. The first kappa shape index (κ1) is 12.2. The molecule has 0 spiro atoms. The van der Waals surface area contributed by atoms with E-state index in [1.54, 1.807) is 11.1 Å². The summed E-state index contributed by atoms with van der Waals surface area (Å²) in [5.41, 5.74) is 3.20. The van der Waals surface area contributed by atoms with Gasteiger partial charge in [0.2, 0.25) is 0 Å². The van der Waals surface area contributed by atoms with Gasteiger partial charge in [0, 0.05) is 0 Å². The first-order valence-electron chi connectivity index (χ1n) is 4.27. The van der Waals surface area contributed by atoms with E-state index in [4.69, 9.17) is 25.5 Å². The smallest absolute Gasteiger partial charge is 0.0512 e. The predicted octanol–water partition coefficient (Wildman–Crippen LogP) is 4.35. The molecule has 0 bridgehead atoms. The van der Waals surface area contributed by atoms with Gasteiger partial charge in [0.15, 0.2) is 0 Å². The molecule has 1 aromatic carbocycles. The third-order valence-corrected chi connectivity index (χ3v) is 2.15. The summed E-state index contributed by atoms with van der Waals surface area (Å²) in [4.78, 5) is 0. The molecule has 73 valence electrons. The Kier molecular flexibility index (Phi) is 6.14. The van der Waals surface area contributed by atoms with Crippen LogP contribution < -0.4 is 0 Å². The molecule has 0 heterocycles. The van der Waals surface area contributed by atoms with Gasteiger partial charge in [-0.05, 0) is 0 Å². The minimum atomic E-state index is -2.13. The monoisotopic (exact) mass is 314 g/mol. The van der Waals surface area contributed by atoms with Crippen molar-refractivity contribution < 1.29 is 18.2 Å². The third kappa shape index (κ3) is 4.93. The minimum absolute atomic E-state index is 1.32. The molecule has 0 N–H and O–H groups in total. The van der Waals surface area contributed by atoms with E-state index >= 15 is 0 Å². The van der Waals surface area contributed by atoms with E-state index < -0.39 is 18.2 Å². The van der Waals surface area contributed by atoms with Gasteiger partial charge in [-0.3, -0.25) is 0 Å². The van der Waals surface area contributed by atoms with Crippen molar-refractivity contribution in [2.45, 2.75) is 25.7 Å². The quantitative estimate of drug-likeness (QED) is 0.624. The molecule has 1 aliphatic carbocycles. The van der Waals surface area contributed by atoms with E-state index in [9.17, 15) is 0 Å². The van der Waals surface area contributed by atoms with Crippen LogP contribution in [0.4, 0.5) is 0 Å². The predicted molar refractivity (Wildman–Crippen MR) is 56.2 cm³/mol. The van der Waals surface area contributed by atoms with Crippen LogP contribution in [-0.4, -0.2) is 0 Å². The fourth-order valence-corrected chi connectivity index (χ4v) is 1.61. The summed E-state index contributed by atoms with van der Waals surface area (Å²) in [6.07, 6.45) is 5.44. The third-order valence-electron chi connectivity index (χ3n) is 2.15. The molecule has 0 aromatic heterocycles. The second-order valence-electron chi connectivity index (χ2n) is 3.00. The van der Waals surface area contributed by atoms with Crippen LogP contribution in [0.3, 0.4) is 0 Å². The number of fused-ring (bicyclic) bond motifs is 1. The van der Waals surface area contributed by atoms with Gasteiger partial charge in [0.05, 0.1) is 0 Å². The number of halogens is 3. The summed E-state index contributed by atoms with van der Waals surface area (Å²) >= 11 is -2.13. The zero-order valence-corrected chi connectivity index (χ0v) is 11.9. The summed E-state index contributed by atoms with van der Waals surface area (Å²) in [6, 6.07) is 6.69. The molecule has 0 radical (unpaired) electrons. The van der Waals surface area contributed by atoms with Gasteiger partial charge >= 0.3 is 43.7 Å². The van der Waals surface area contributed by atoms with Crippen molar-refractivity contribution in [1.82, 2.24) is 0 Å². The van der Waals surface area contributed by atoms with Crippen LogP contribution in [0, 0.1) is 0 Å². The van der Waals surface area contributed by atoms with Crippen molar-refractivity contribution in [2.75, 3.05) is 0 Å². The van der Waals surface area contributed by atoms with E-state index in [0.717, 1.165) is 0 Å². The zero-order valence-electron chi connectivity index (χ0n) is 7.19. The zero-order chi connectivity index (χ0) is 9.68. The average molecular weight is 317 g/mol. The van der Waals surface area contributed by atoms with E-state index in [0.29, 0.717) is 0 Å². The summed E-state index contributed by atoms with van der Waals surface area (Å²) in [5, 5.41) is 0. The van der Waals surface area contributed by atoms with Gasteiger partial charge in [-0.25, -0.2) is 6.07 Å². The minimum Gasteiger partial charge on any atom is -0.210 e. The van der Waals surface area contributed by atoms with Crippen molar-refractivity contribution in [1.29, 1.82) is 0 Å². The Balaban J connectivity index is 0.000000184. The second-order valence-corrected chi connectivity index (χ2v) is 14.2. The topological polar surface area (TPSA) is 0 Å².